The third kappa shape index (κ3) is 2.19. The molecule has 1 aliphatic rings. The molecule has 1 aliphatic carbocycles. The second kappa shape index (κ2) is 4.07. The van der Waals surface area contributed by atoms with E-state index in [1.165, 1.54) is 0 Å². The maximum absolute atomic E-state index is 11.8. The minimum Gasteiger partial charge on any atom is -0.344 e. The Kier molecular flexibility index (Phi) is 3.27. The molecule has 1 fully saturated rings. The van der Waals surface area contributed by atoms with Crippen molar-refractivity contribution in [3.63, 3.8) is 0 Å². The van der Waals surface area contributed by atoms with Crippen LogP contribution in [0.25, 0.3) is 0 Å². The third-order valence-electron chi connectivity index (χ3n) is 2.74. The van der Waals surface area contributed by atoms with Gasteiger partial charge in [-0.3, -0.25) is 4.79 Å². The number of nitrogens with zero attached hydrogens (tertiary/aromatic N) is 1. The lowest BCUT2D eigenvalue weighted by molar-refractivity contribution is -0.135. The summed E-state index contributed by atoms with van der Waals surface area (Å²) in [4.78, 5) is 13.6. The minimum absolute atomic E-state index is 0.192. The van der Waals surface area contributed by atoms with Gasteiger partial charge in [-0.05, 0) is 19.9 Å². The van der Waals surface area contributed by atoms with Gasteiger partial charge in [-0.25, -0.2) is 0 Å². The number of hydrogen-bond donors (Lipinski definition) is 2. The number of hydrogen-bond acceptors (Lipinski definition) is 3. The fourth-order valence-corrected chi connectivity index (χ4v) is 1.44. The summed E-state index contributed by atoms with van der Waals surface area (Å²) < 4.78 is 0. The Labute approximate surface area is 79.5 Å². The Morgan fingerprint density at radius 1 is 1.62 bits per heavy atom. The highest BCUT2D eigenvalue weighted by Crippen LogP contribution is 2.45. The molecule has 13 heavy (non-hydrogen) atoms. The van der Waals surface area contributed by atoms with E-state index in [-0.39, 0.29) is 11.3 Å². The molecule has 0 aromatic rings. The normalized spacial score (nSPS) is 18.4. The van der Waals surface area contributed by atoms with E-state index < -0.39 is 0 Å². The molecule has 0 radical (unpaired) electrons. The lowest BCUT2D eigenvalue weighted by Gasteiger charge is -2.22. The zero-order valence-electron chi connectivity index (χ0n) is 8.47. The van der Waals surface area contributed by atoms with Crippen LogP contribution >= 0.6 is 0 Å². The van der Waals surface area contributed by atoms with Crippen LogP contribution in [0.4, 0.5) is 0 Å². The van der Waals surface area contributed by atoms with Crippen LogP contribution < -0.4 is 11.1 Å². The quantitative estimate of drug-likeness (QED) is 0.601. The van der Waals surface area contributed by atoms with Crippen molar-refractivity contribution in [1.82, 2.24) is 10.2 Å². The Morgan fingerprint density at radius 3 is 2.62 bits per heavy atom. The third-order valence-corrected chi connectivity index (χ3v) is 2.74. The van der Waals surface area contributed by atoms with Gasteiger partial charge in [0, 0.05) is 26.7 Å². The Hall–Kier alpha value is -0.610. The predicted octanol–water partition coefficient (Wildman–Crippen LogP) is -0.597. The summed E-state index contributed by atoms with van der Waals surface area (Å²) in [6.45, 7) is 2.09. The first-order chi connectivity index (χ1) is 6.16. The highest BCUT2D eigenvalue weighted by atomic mass is 16.2. The summed E-state index contributed by atoms with van der Waals surface area (Å²) in [5.41, 5.74) is 5.38. The second-order valence-corrected chi connectivity index (χ2v) is 3.81. The van der Waals surface area contributed by atoms with E-state index in [0.717, 1.165) is 25.9 Å². The van der Waals surface area contributed by atoms with E-state index in [1.54, 1.807) is 4.90 Å². The molecule has 0 bridgehead atoms. The molecule has 0 spiro atoms. The fourth-order valence-electron chi connectivity index (χ4n) is 1.44. The van der Waals surface area contributed by atoms with Gasteiger partial charge in [0.2, 0.25) is 5.91 Å². The van der Waals surface area contributed by atoms with Gasteiger partial charge >= 0.3 is 0 Å². The maximum Gasteiger partial charge on any atom is 0.229 e. The number of amides is 1. The summed E-state index contributed by atoms with van der Waals surface area (Å²) in [5, 5.41) is 3.02. The number of rotatable bonds is 5. The summed E-state index contributed by atoms with van der Waals surface area (Å²) in [6.07, 6.45) is 1.93. The van der Waals surface area contributed by atoms with Crippen molar-refractivity contribution >= 4 is 5.91 Å². The molecule has 1 rings (SSSR count). The van der Waals surface area contributed by atoms with E-state index in [9.17, 15) is 4.79 Å². The maximum atomic E-state index is 11.8. The fraction of sp³-hybridized carbons (Fsp3) is 0.889. The summed E-state index contributed by atoms with van der Waals surface area (Å²) >= 11 is 0. The first-order valence-corrected chi connectivity index (χ1v) is 4.76. The number of nitrogens with two attached hydrogens (primary N) is 1. The molecule has 76 valence electrons. The lowest BCUT2D eigenvalue weighted by atomic mass is 10.1. The molecule has 0 unspecified atom stereocenters. The molecule has 1 saturated carbocycles. The summed E-state index contributed by atoms with van der Waals surface area (Å²) in [7, 11) is 3.73. The van der Waals surface area contributed by atoms with Gasteiger partial charge < -0.3 is 16.0 Å². The van der Waals surface area contributed by atoms with Crippen LogP contribution in [0.2, 0.25) is 0 Å². The lowest BCUT2D eigenvalue weighted by Crippen LogP contribution is -2.40. The first-order valence-electron chi connectivity index (χ1n) is 4.76. The van der Waals surface area contributed by atoms with Gasteiger partial charge in [0.25, 0.3) is 0 Å². The van der Waals surface area contributed by atoms with Crippen molar-refractivity contribution in [2.45, 2.75) is 12.8 Å². The van der Waals surface area contributed by atoms with Crippen molar-refractivity contribution in [1.29, 1.82) is 0 Å². The van der Waals surface area contributed by atoms with Crippen LogP contribution in [0.5, 0.6) is 0 Å². The molecule has 0 aromatic heterocycles. The topological polar surface area (TPSA) is 58.4 Å². The van der Waals surface area contributed by atoms with Gasteiger partial charge in [0.15, 0.2) is 0 Å². The van der Waals surface area contributed by atoms with Gasteiger partial charge in [0.05, 0.1) is 5.41 Å². The molecule has 1 amide bonds. The largest absolute Gasteiger partial charge is 0.344 e. The molecule has 3 N–H and O–H groups in total. The number of carbonyl (C=O) groups excluding carboxylic acids is 1. The van der Waals surface area contributed by atoms with Crippen LogP contribution in [-0.2, 0) is 4.79 Å². The van der Waals surface area contributed by atoms with Crippen molar-refractivity contribution in [3.8, 4) is 0 Å². The van der Waals surface area contributed by atoms with Crippen LogP contribution in [0.3, 0.4) is 0 Å². The van der Waals surface area contributed by atoms with E-state index in [4.69, 9.17) is 5.73 Å². The minimum atomic E-state index is -0.192. The average molecular weight is 185 g/mol. The standard InChI is InChI=1S/C9H19N3O/c1-11-5-6-12(2)8(13)9(7-10)3-4-9/h11H,3-7,10H2,1-2H3. The van der Waals surface area contributed by atoms with Gasteiger partial charge in [0.1, 0.15) is 0 Å². The highest BCUT2D eigenvalue weighted by molar-refractivity contribution is 5.85. The van der Waals surface area contributed by atoms with E-state index in [0.29, 0.717) is 6.54 Å². The van der Waals surface area contributed by atoms with Crippen LogP contribution in [0.1, 0.15) is 12.8 Å². The molecule has 0 heterocycles. The van der Waals surface area contributed by atoms with Crippen molar-refractivity contribution < 1.29 is 4.79 Å². The zero-order valence-corrected chi connectivity index (χ0v) is 8.47. The number of likely N-dealkylation sites (N-methyl/N-ethyl adjacent to an activating group) is 2. The second-order valence-electron chi connectivity index (χ2n) is 3.81. The van der Waals surface area contributed by atoms with Crippen molar-refractivity contribution in [3.05, 3.63) is 0 Å². The highest BCUT2D eigenvalue weighted by Gasteiger charge is 2.49. The van der Waals surface area contributed by atoms with Gasteiger partial charge in [-0.2, -0.15) is 0 Å². The molecule has 0 atom stereocenters. The Balaban J connectivity index is 2.38. The molecule has 0 aliphatic heterocycles. The van der Waals surface area contributed by atoms with E-state index in [1.807, 2.05) is 14.1 Å². The summed E-state index contributed by atoms with van der Waals surface area (Å²) in [6, 6.07) is 0. The molecular formula is C9H19N3O. The molecule has 0 saturated heterocycles. The number of nitrogens with one attached hydrogen (secondary N) is 1. The van der Waals surface area contributed by atoms with E-state index in [2.05, 4.69) is 5.32 Å². The van der Waals surface area contributed by atoms with Gasteiger partial charge in [-0.1, -0.05) is 0 Å². The zero-order chi connectivity index (χ0) is 9.90. The SMILES string of the molecule is CNCCN(C)C(=O)C1(CN)CC1. The monoisotopic (exact) mass is 185 g/mol. The van der Waals surface area contributed by atoms with E-state index >= 15 is 0 Å². The number of carbonyl (C=O) groups is 1. The van der Waals surface area contributed by atoms with Crippen molar-refractivity contribution in [2.24, 2.45) is 11.1 Å². The van der Waals surface area contributed by atoms with Crippen LogP contribution in [0.15, 0.2) is 0 Å². The van der Waals surface area contributed by atoms with Gasteiger partial charge in [-0.15, -0.1) is 0 Å². The molecular weight excluding hydrogens is 166 g/mol. The van der Waals surface area contributed by atoms with Crippen LogP contribution in [0, 0.1) is 5.41 Å². The van der Waals surface area contributed by atoms with Crippen LogP contribution in [-0.4, -0.2) is 44.5 Å². The molecule has 4 nitrogen and oxygen atoms in total. The Morgan fingerprint density at radius 2 is 2.23 bits per heavy atom. The first kappa shape index (κ1) is 10.5. The van der Waals surface area contributed by atoms with Crippen molar-refractivity contribution in [2.75, 3.05) is 33.7 Å². The average Bonchev–Trinajstić information content (AvgIpc) is 2.93. The molecule has 0 aromatic carbocycles. The predicted molar refractivity (Wildman–Crippen MR) is 52.3 cm³/mol. The molecule has 4 heteroatoms. The smallest absolute Gasteiger partial charge is 0.229 e. The Bertz CT molecular complexity index is 189. The summed E-state index contributed by atoms with van der Waals surface area (Å²) in [5.74, 6) is 0.213.